The van der Waals surface area contributed by atoms with Crippen LogP contribution in [0.15, 0.2) is 27.8 Å². The Kier molecular flexibility index (Phi) is 6.55. The molecule has 0 unspecified atom stereocenters. The highest BCUT2D eigenvalue weighted by Crippen LogP contribution is 2.35. The molecule has 1 aromatic rings. The lowest BCUT2D eigenvalue weighted by Crippen LogP contribution is -2.23. The van der Waals surface area contributed by atoms with Crippen LogP contribution in [-0.4, -0.2) is 31.5 Å². The summed E-state index contributed by atoms with van der Waals surface area (Å²) in [6.07, 6.45) is -5.50. The monoisotopic (exact) mass is 396 g/mol. The van der Waals surface area contributed by atoms with Crippen LogP contribution in [0.1, 0.15) is 18.1 Å². The summed E-state index contributed by atoms with van der Waals surface area (Å²) in [7, 11) is 1.10. The molecule has 0 aliphatic heterocycles. The Balaban J connectivity index is 3.20. The molecule has 23 heavy (non-hydrogen) atoms. The van der Waals surface area contributed by atoms with Gasteiger partial charge in [-0.25, -0.2) is 10.2 Å². The number of nitrogens with zero attached hydrogens (tertiary/aromatic N) is 1. The lowest BCUT2D eigenvalue weighted by atomic mass is 10.1. The minimum absolute atomic E-state index is 0.0261. The largest absolute Gasteiger partial charge is 0.459 e. The summed E-state index contributed by atoms with van der Waals surface area (Å²) >= 11 is 2.82. The molecule has 0 heterocycles. The second-order valence-corrected chi connectivity index (χ2v) is 4.99. The molecule has 0 aliphatic rings. The van der Waals surface area contributed by atoms with Crippen molar-refractivity contribution in [2.75, 3.05) is 13.7 Å². The van der Waals surface area contributed by atoms with Crippen molar-refractivity contribution in [2.45, 2.75) is 13.1 Å². The summed E-state index contributed by atoms with van der Waals surface area (Å²) in [5.41, 5.74) is 0.989. The first-order chi connectivity index (χ1) is 10.6. The number of hydrogen-bond donors (Lipinski definition) is 1. The smallest absolute Gasteiger partial charge is 0.427 e. The van der Waals surface area contributed by atoms with Crippen LogP contribution in [0.2, 0.25) is 0 Å². The molecular formula is C13H12BrF3N2O4. The molecule has 0 bridgehead atoms. The third-order valence-corrected chi connectivity index (χ3v) is 3.18. The fourth-order valence-corrected chi connectivity index (χ4v) is 1.90. The van der Waals surface area contributed by atoms with Gasteiger partial charge in [-0.15, -0.1) is 0 Å². The van der Waals surface area contributed by atoms with Crippen LogP contribution in [0.4, 0.5) is 18.0 Å². The number of hydrazone groups is 1. The number of benzene rings is 1. The Labute approximate surface area is 137 Å². The van der Waals surface area contributed by atoms with E-state index in [9.17, 15) is 22.8 Å². The molecule has 0 fully saturated rings. The molecule has 10 heteroatoms. The SMILES string of the molecule is COC(=O)NN=C(COC(C)=O)c1ccc(Br)c(C(F)(F)F)c1. The molecule has 1 N–H and O–H groups in total. The Bertz CT molecular complexity index is 632. The topological polar surface area (TPSA) is 77.0 Å². The van der Waals surface area contributed by atoms with E-state index in [1.54, 1.807) is 0 Å². The van der Waals surface area contributed by atoms with Crippen LogP contribution < -0.4 is 5.43 Å². The molecule has 0 aromatic heterocycles. The van der Waals surface area contributed by atoms with Crippen LogP contribution >= 0.6 is 15.9 Å². The summed E-state index contributed by atoms with van der Waals surface area (Å²) in [5, 5.41) is 3.62. The average Bonchev–Trinajstić information content (AvgIpc) is 2.46. The Morgan fingerprint density at radius 3 is 2.52 bits per heavy atom. The van der Waals surface area contributed by atoms with E-state index >= 15 is 0 Å². The molecule has 1 aromatic carbocycles. The first-order valence-electron chi connectivity index (χ1n) is 6.06. The third kappa shape index (κ3) is 5.89. The molecule has 0 spiro atoms. The fraction of sp³-hybridized carbons (Fsp3) is 0.308. The van der Waals surface area contributed by atoms with E-state index in [2.05, 4.69) is 25.8 Å². The minimum atomic E-state index is -4.59. The van der Waals surface area contributed by atoms with Gasteiger partial charge in [-0.3, -0.25) is 4.79 Å². The first kappa shape index (κ1) is 18.9. The zero-order valence-corrected chi connectivity index (χ0v) is 13.6. The minimum Gasteiger partial charge on any atom is -0.459 e. The van der Waals surface area contributed by atoms with Gasteiger partial charge in [0.25, 0.3) is 0 Å². The van der Waals surface area contributed by atoms with Gasteiger partial charge in [0.1, 0.15) is 12.3 Å². The van der Waals surface area contributed by atoms with E-state index in [1.165, 1.54) is 12.1 Å². The highest BCUT2D eigenvalue weighted by atomic mass is 79.9. The number of amides is 1. The maximum Gasteiger partial charge on any atom is 0.427 e. The Morgan fingerprint density at radius 2 is 2.00 bits per heavy atom. The third-order valence-electron chi connectivity index (χ3n) is 2.48. The number of alkyl halides is 3. The van der Waals surface area contributed by atoms with Gasteiger partial charge in [0.15, 0.2) is 0 Å². The standard InChI is InChI=1S/C13H12BrF3N2O4/c1-7(20)23-6-11(18-19-12(21)22-2)8-3-4-10(14)9(5-8)13(15,16)17/h3-5H,6H2,1-2H3,(H,19,21). The lowest BCUT2D eigenvalue weighted by Gasteiger charge is -2.12. The van der Waals surface area contributed by atoms with Crippen molar-refractivity contribution in [2.24, 2.45) is 5.10 Å². The molecule has 126 valence electrons. The number of rotatable bonds is 4. The van der Waals surface area contributed by atoms with Crippen LogP contribution in [0.5, 0.6) is 0 Å². The van der Waals surface area contributed by atoms with Crippen molar-refractivity contribution in [1.82, 2.24) is 5.43 Å². The van der Waals surface area contributed by atoms with Gasteiger partial charge in [0.2, 0.25) is 0 Å². The summed E-state index contributed by atoms with van der Waals surface area (Å²) in [6, 6.07) is 3.34. The summed E-state index contributed by atoms with van der Waals surface area (Å²) in [5.74, 6) is -0.649. The number of ether oxygens (including phenoxy) is 2. The van der Waals surface area contributed by atoms with E-state index < -0.39 is 30.4 Å². The summed E-state index contributed by atoms with van der Waals surface area (Å²) < 4.78 is 47.7. The number of nitrogens with one attached hydrogen (secondary N) is 1. The Morgan fingerprint density at radius 1 is 1.35 bits per heavy atom. The van der Waals surface area contributed by atoms with Gasteiger partial charge in [-0.1, -0.05) is 22.0 Å². The zero-order chi connectivity index (χ0) is 17.6. The first-order valence-corrected chi connectivity index (χ1v) is 6.85. The second-order valence-electron chi connectivity index (χ2n) is 4.13. The number of carbonyl (C=O) groups excluding carboxylic acids is 2. The van der Waals surface area contributed by atoms with Crippen molar-refractivity contribution in [3.8, 4) is 0 Å². The van der Waals surface area contributed by atoms with Crippen molar-refractivity contribution < 1.29 is 32.2 Å². The number of halogens is 4. The van der Waals surface area contributed by atoms with E-state index in [0.29, 0.717) is 0 Å². The highest BCUT2D eigenvalue weighted by molar-refractivity contribution is 9.10. The van der Waals surface area contributed by atoms with Gasteiger partial charge in [-0.2, -0.15) is 18.3 Å². The van der Waals surface area contributed by atoms with Gasteiger partial charge in [-0.05, 0) is 12.1 Å². The predicted octanol–water partition coefficient (Wildman–Crippen LogP) is 3.09. The maximum atomic E-state index is 12.9. The van der Waals surface area contributed by atoms with Crippen LogP contribution in [0.25, 0.3) is 0 Å². The van der Waals surface area contributed by atoms with E-state index in [4.69, 9.17) is 4.74 Å². The highest BCUT2D eigenvalue weighted by Gasteiger charge is 2.33. The molecule has 6 nitrogen and oxygen atoms in total. The predicted molar refractivity (Wildman–Crippen MR) is 77.9 cm³/mol. The van der Waals surface area contributed by atoms with Crippen molar-refractivity contribution >= 4 is 33.7 Å². The van der Waals surface area contributed by atoms with Gasteiger partial charge in [0, 0.05) is 17.0 Å². The quantitative estimate of drug-likeness (QED) is 0.481. The fourth-order valence-electron chi connectivity index (χ4n) is 1.43. The normalized spacial score (nSPS) is 11.8. The zero-order valence-electron chi connectivity index (χ0n) is 12.0. The van der Waals surface area contributed by atoms with Crippen molar-refractivity contribution in [3.63, 3.8) is 0 Å². The molecule has 1 amide bonds. The molecule has 0 atom stereocenters. The molecule has 0 radical (unpaired) electrons. The van der Waals surface area contributed by atoms with Crippen molar-refractivity contribution in [3.05, 3.63) is 33.8 Å². The molecular weight excluding hydrogens is 385 g/mol. The number of methoxy groups -OCH3 is 1. The molecule has 0 aliphatic carbocycles. The summed E-state index contributed by atoms with van der Waals surface area (Å²) in [4.78, 5) is 21.9. The summed E-state index contributed by atoms with van der Waals surface area (Å²) in [6.45, 7) is 0.715. The number of hydrogen-bond acceptors (Lipinski definition) is 5. The maximum absolute atomic E-state index is 12.9. The van der Waals surface area contributed by atoms with E-state index in [-0.39, 0.29) is 15.7 Å². The van der Waals surface area contributed by atoms with Crippen LogP contribution in [0.3, 0.4) is 0 Å². The van der Waals surface area contributed by atoms with Gasteiger partial charge < -0.3 is 9.47 Å². The van der Waals surface area contributed by atoms with Crippen molar-refractivity contribution in [1.29, 1.82) is 0 Å². The molecule has 0 saturated carbocycles. The Hall–Kier alpha value is -2.10. The molecule has 0 saturated heterocycles. The number of esters is 1. The van der Waals surface area contributed by atoms with E-state index in [1.807, 2.05) is 5.43 Å². The second kappa shape index (κ2) is 7.95. The number of carbonyl (C=O) groups is 2. The van der Waals surface area contributed by atoms with Crippen LogP contribution in [-0.2, 0) is 20.4 Å². The van der Waals surface area contributed by atoms with Crippen LogP contribution in [0, 0.1) is 0 Å². The van der Waals surface area contributed by atoms with Gasteiger partial charge >= 0.3 is 18.2 Å². The average molecular weight is 397 g/mol. The lowest BCUT2D eigenvalue weighted by molar-refractivity contribution is -0.139. The molecule has 1 rings (SSSR count). The van der Waals surface area contributed by atoms with E-state index in [0.717, 1.165) is 20.1 Å². The van der Waals surface area contributed by atoms with Gasteiger partial charge in [0.05, 0.1) is 12.7 Å².